The Morgan fingerprint density at radius 3 is 2.79 bits per heavy atom. The number of aliphatic hydroxyl groups is 1. The Labute approximate surface area is 147 Å². The van der Waals surface area contributed by atoms with Crippen LogP contribution in [0.2, 0.25) is 0 Å². The summed E-state index contributed by atoms with van der Waals surface area (Å²) in [4.78, 5) is 22.3. The van der Waals surface area contributed by atoms with Gasteiger partial charge in [0.2, 0.25) is 5.91 Å². The van der Waals surface area contributed by atoms with Gasteiger partial charge in [-0.3, -0.25) is 9.69 Å². The van der Waals surface area contributed by atoms with Gasteiger partial charge in [0.25, 0.3) is 0 Å². The molecular formula is C17H27N3O3S. The molecule has 7 heteroatoms. The summed E-state index contributed by atoms with van der Waals surface area (Å²) in [5, 5.41) is 9.69. The largest absolute Gasteiger partial charge is 0.396 e. The second-order valence-electron chi connectivity index (χ2n) is 6.78. The third-order valence-corrected chi connectivity index (χ3v) is 6.17. The lowest BCUT2D eigenvalue weighted by atomic mass is 9.96. The maximum atomic E-state index is 12.5. The summed E-state index contributed by atoms with van der Waals surface area (Å²) in [7, 11) is 0. The minimum Gasteiger partial charge on any atom is -0.396 e. The number of amides is 1. The van der Waals surface area contributed by atoms with Crippen molar-refractivity contribution in [2.75, 3.05) is 52.5 Å². The van der Waals surface area contributed by atoms with Crippen LogP contribution >= 0.6 is 11.3 Å². The summed E-state index contributed by atoms with van der Waals surface area (Å²) in [6, 6.07) is 0. The van der Waals surface area contributed by atoms with Crippen molar-refractivity contribution in [3.8, 4) is 0 Å². The van der Waals surface area contributed by atoms with Crippen LogP contribution in [0.5, 0.6) is 0 Å². The van der Waals surface area contributed by atoms with E-state index in [0.717, 1.165) is 51.5 Å². The van der Waals surface area contributed by atoms with Crippen molar-refractivity contribution >= 4 is 17.2 Å². The van der Waals surface area contributed by atoms with Crippen molar-refractivity contribution in [2.24, 2.45) is 11.8 Å². The van der Waals surface area contributed by atoms with E-state index in [2.05, 4.69) is 9.88 Å². The van der Waals surface area contributed by atoms with Gasteiger partial charge in [-0.25, -0.2) is 4.98 Å². The highest BCUT2D eigenvalue weighted by atomic mass is 32.1. The van der Waals surface area contributed by atoms with Gasteiger partial charge in [0.05, 0.1) is 24.4 Å². The molecule has 3 heterocycles. The van der Waals surface area contributed by atoms with Crippen LogP contribution in [0.4, 0.5) is 0 Å². The molecule has 3 rings (SSSR count). The summed E-state index contributed by atoms with van der Waals surface area (Å²) < 4.78 is 5.39. The molecule has 1 aromatic rings. The molecule has 0 bridgehead atoms. The second kappa shape index (κ2) is 8.38. The lowest BCUT2D eigenvalue weighted by Gasteiger charge is -2.30. The van der Waals surface area contributed by atoms with E-state index in [1.165, 1.54) is 4.88 Å². The number of hydrogen-bond donors (Lipinski definition) is 1. The van der Waals surface area contributed by atoms with Gasteiger partial charge in [0, 0.05) is 56.5 Å². The summed E-state index contributed by atoms with van der Waals surface area (Å²) in [6.07, 6.45) is 1.30. The highest BCUT2D eigenvalue weighted by Crippen LogP contribution is 2.25. The molecule has 0 radical (unpaired) electrons. The van der Waals surface area contributed by atoms with Crippen LogP contribution in [0.1, 0.15) is 17.0 Å². The van der Waals surface area contributed by atoms with Gasteiger partial charge in [-0.05, 0) is 19.3 Å². The Morgan fingerprint density at radius 2 is 2.12 bits per heavy atom. The first-order chi connectivity index (χ1) is 11.7. The van der Waals surface area contributed by atoms with Crippen LogP contribution in [0.15, 0.2) is 5.51 Å². The van der Waals surface area contributed by atoms with E-state index in [1.807, 2.05) is 17.3 Å². The van der Waals surface area contributed by atoms with Gasteiger partial charge in [0.15, 0.2) is 0 Å². The molecule has 1 aromatic heterocycles. The van der Waals surface area contributed by atoms with E-state index >= 15 is 0 Å². The maximum Gasteiger partial charge on any atom is 0.222 e. The van der Waals surface area contributed by atoms with Crippen molar-refractivity contribution < 1.29 is 14.6 Å². The predicted molar refractivity (Wildman–Crippen MR) is 93.1 cm³/mol. The minimum atomic E-state index is 0.159. The Balaban J connectivity index is 1.50. The highest BCUT2D eigenvalue weighted by molar-refractivity contribution is 7.09. The van der Waals surface area contributed by atoms with Crippen molar-refractivity contribution in [3.63, 3.8) is 0 Å². The molecule has 2 saturated heterocycles. The first kappa shape index (κ1) is 17.8. The summed E-state index contributed by atoms with van der Waals surface area (Å²) >= 11 is 1.62. The average Bonchev–Trinajstić information content (AvgIpc) is 3.19. The molecule has 24 heavy (non-hydrogen) atoms. The summed E-state index contributed by atoms with van der Waals surface area (Å²) in [5.41, 5.74) is 2.87. The van der Waals surface area contributed by atoms with Crippen LogP contribution in [0, 0.1) is 18.8 Å². The number of hydrogen-bond acceptors (Lipinski definition) is 6. The van der Waals surface area contributed by atoms with Gasteiger partial charge in [-0.2, -0.15) is 0 Å². The number of carbonyl (C=O) groups is 1. The van der Waals surface area contributed by atoms with E-state index in [-0.39, 0.29) is 18.4 Å². The zero-order chi connectivity index (χ0) is 16.9. The number of aliphatic hydroxyl groups excluding tert-OH is 1. The molecule has 6 nitrogen and oxygen atoms in total. The van der Waals surface area contributed by atoms with Crippen LogP contribution in [-0.2, 0) is 16.0 Å². The third-order valence-electron chi connectivity index (χ3n) is 5.17. The van der Waals surface area contributed by atoms with Crippen molar-refractivity contribution in [2.45, 2.75) is 19.8 Å². The van der Waals surface area contributed by atoms with Gasteiger partial charge < -0.3 is 14.7 Å². The molecule has 134 valence electrons. The summed E-state index contributed by atoms with van der Waals surface area (Å²) in [5.74, 6) is 0.759. The average molecular weight is 353 g/mol. The maximum absolute atomic E-state index is 12.5. The Morgan fingerprint density at radius 1 is 1.38 bits per heavy atom. The Bertz CT molecular complexity index is 545. The SMILES string of the molecule is Cc1ncsc1CCC(=O)N1CC(CO)C(CN2CCOCC2)C1. The molecular weight excluding hydrogens is 326 g/mol. The minimum absolute atomic E-state index is 0.159. The first-order valence-electron chi connectivity index (χ1n) is 8.75. The molecule has 0 aromatic carbocycles. The zero-order valence-corrected chi connectivity index (χ0v) is 15.1. The number of aryl methyl sites for hydroxylation is 2. The van der Waals surface area contributed by atoms with E-state index in [9.17, 15) is 9.90 Å². The molecule has 2 fully saturated rings. The number of likely N-dealkylation sites (tertiary alicyclic amines) is 1. The van der Waals surface area contributed by atoms with Gasteiger partial charge in [-0.15, -0.1) is 11.3 Å². The smallest absolute Gasteiger partial charge is 0.222 e. The number of rotatable bonds is 6. The zero-order valence-electron chi connectivity index (χ0n) is 14.3. The standard InChI is InChI=1S/C17H27N3O3S/c1-13-16(24-12-18-13)2-3-17(22)20-9-14(15(10-20)11-21)8-19-4-6-23-7-5-19/h12,14-15,21H,2-11H2,1H3. The van der Waals surface area contributed by atoms with E-state index in [1.54, 1.807) is 11.3 Å². The predicted octanol–water partition coefficient (Wildman–Crippen LogP) is 0.783. The lowest BCUT2D eigenvalue weighted by molar-refractivity contribution is -0.130. The van der Waals surface area contributed by atoms with Gasteiger partial charge in [0.1, 0.15) is 0 Å². The number of aromatic nitrogens is 1. The molecule has 0 saturated carbocycles. The quantitative estimate of drug-likeness (QED) is 0.819. The Hall–Kier alpha value is -1.02. The molecule has 1 amide bonds. The van der Waals surface area contributed by atoms with Crippen molar-refractivity contribution in [1.29, 1.82) is 0 Å². The molecule has 0 spiro atoms. The number of carbonyl (C=O) groups excluding carboxylic acids is 1. The van der Waals surface area contributed by atoms with Crippen molar-refractivity contribution in [3.05, 3.63) is 16.1 Å². The molecule has 2 aliphatic rings. The van der Waals surface area contributed by atoms with Crippen LogP contribution < -0.4 is 0 Å². The third kappa shape index (κ3) is 4.33. The van der Waals surface area contributed by atoms with Crippen LogP contribution in [0.25, 0.3) is 0 Å². The normalized spacial score (nSPS) is 25.3. The second-order valence-corrected chi connectivity index (χ2v) is 7.71. The fourth-order valence-corrected chi connectivity index (χ4v) is 4.40. The van der Waals surface area contributed by atoms with Crippen LogP contribution in [0.3, 0.4) is 0 Å². The molecule has 0 aliphatic carbocycles. The Kier molecular flexibility index (Phi) is 6.21. The topological polar surface area (TPSA) is 65.9 Å². The van der Waals surface area contributed by atoms with Crippen molar-refractivity contribution in [1.82, 2.24) is 14.8 Å². The van der Waals surface area contributed by atoms with Gasteiger partial charge in [-0.1, -0.05) is 0 Å². The summed E-state index contributed by atoms with van der Waals surface area (Å²) in [6.45, 7) is 8.03. The fraction of sp³-hybridized carbons (Fsp3) is 0.765. The van der Waals surface area contributed by atoms with E-state index < -0.39 is 0 Å². The molecule has 2 atom stereocenters. The van der Waals surface area contributed by atoms with E-state index in [0.29, 0.717) is 18.9 Å². The number of morpholine rings is 1. The molecule has 2 aliphatic heterocycles. The number of nitrogens with zero attached hydrogens (tertiary/aromatic N) is 3. The monoisotopic (exact) mass is 353 g/mol. The van der Waals surface area contributed by atoms with E-state index in [4.69, 9.17) is 4.74 Å². The van der Waals surface area contributed by atoms with Crippen LogP contribution in [-0.4, -0.2) is 78.3 Å². The molecule has 2 unspecified atom stereocenters. The fourth-order valence-electron chi connectivity index (χ4n) is 3.62. The molecule has 1 N–H and O–H groups in total. The lowest BCUT2D eigenvalue weighted by Crippen LogP contribution is -2.41. The van der Waals surface area contributed by atoms with Gasteiger partial charge >= 0.3 is 0 Å². The number of ether oxygens (including phenoxy) is 1. The first-order valence-corrected chi connectivity index (χ1v) is 9.63. The number of thiazole rings is 1. The highest BCUT2D eigenvalue weighted by Gasteiger charge is 2.35.